The number of benzene rings is 1. The Balaban J connectivity index is 1.97. The van der Waals surface area contributed by atoms with Gasteiger partial charge in [-0.25, -0.2) is 16.8 Å². The van der Waals surface area contributed by atoms with Crippen LogP contribution in [-0.4, -0.2) is 74.9 Å². The van der Waals surface area contributed by atoms with Gasteiger partial charge in [-0.1, -0.05) is 17.2 Å². The topological polar surface area (TPSA) is 91.8 Å². The van der Waals surface area contributed by atoms with Crippen LogP contribution in [0.15, 0.2) is 18.2 Å². The molecule has 25 heavy (non-hydrogen) atoms. The summed E-state index contributed by atoms with van der Waals surface area (Å²) in [5.41, 5.74) is 2.41. The molecule has 0 unspecified atom stereocenters. The SMILES string of the molecule is Cc1cc(C)cc(C(=O)N2CCN(S(C)(=O)=O)[C@H]3CS(=O)(=O)C[C@H]32)c1. The number of piperazine rings is 1. The quantitative estimate of drug-likeness (QED) is 0.723. The molecule has 3 rings (SSSR count). The molecule has 0 radical (unpaired) electrons. The largest absolute Gasteiger partial charge is 0.332 e. The molecule has 2 fully saturated rings. The van der Waals surface area contributed by atoms with E-state index in [2.05, 4.69) is 0 Å². The molecule has 0 bridgehead atoms. The van der Waals surface area contributed by atoms with Crippen LogP contribution in [0.25, 0.3) is 0 Å². The maximum Gasteiger partial charge on any atom is 0.254 e. The summed E-state index contributed by atoms with van der Waals surface area (Å²) < 4.78 is 49.5. The van der Waals surface area contributed by atoms with Crippen LogP contribution in [0.4, 0.5) is 0 Å². The molecule has 0 spiro atoms. The average molecular weight is 386 g/mol. The van der Waals surface area contributed by atoms with Crippen molar-refractivity contribution in [2.45, 2.75) is 25.9 Å². The lowest BCUT2D eigenvalue weighted by Gasteiger charge is -2.42. The molecule has 0 saturated carbocycles. The summed E-state index contributed by atoms with van der Waals surface area (Å²) in [6.45, 7) is 4.10. The lowest BCUT2D eigenvalue weighted by molar-refractivity contribution is 0.0516. The summed E-state index contributed by atoms with van der Waals surface area (Å²) in [7, 11) is -6.91. The van der Waals surface area contributed by atoms with Crippen LogP contribution in [0.5, 0.6) is 0 Å². The van der Waals surface area contributed by atoms with Crippen LogP contribution in [0, 0.1) is 13.8 Å². The van der Waals surface area contributed by atoms with Gasteiger partial charge in [-0.15, -0.1) is 0 Å². The number of fused-ring (bicyclic) bond motifs is 1. The summed E-state index contributed by atoms with van der Waals surface area (Å²) >= 11 is 0. The zero-order valence-electron chi connectivity index (χ0n) is 14.5. The van der Waals surface area contributed by atoms with Gasteiger partial charge in [-0.3, -0.25) is 4.79 Å². The van der Waals surface area contributed by atoms with E-state index in [9.17, 15) is 21.6 Å². The molecule has 0 aliphatic carbocycles. The molecule has 2 atom stereocenters. The first-order valence-electron chi connectivity index (χ1n) is 8.04. The summed E-state index contributed by atoms with van der Waals surface area (Å²) in [5, 5.41) is 0. The van der Waals surface area contributed by atoms with Gasteiger partial charge in [-0.2, -0.15) is 4.31 Å². The highest BCUT2D eigenvalue weighted by atomic mass is 32.2. The Labute approximate surface area is 148 Å². The van der Waals surface area contributed by atoms with E-state index in [0.717, 1.165) is 17.4 Å². The molecule has 2 saturated heterocycles. The lowest BCUT2D eigenvalue weighted by Crippen LogP contribution is -2.61. The van der Waals surface area contributed by atoms with Gasteiger partial charge < -0.3 is 4.90 Å². The fourth-order valence-electron chi connectivity index (χ4n) is 3.85. The van der Waals surface area contributed by atoms with Crippen molar-refractivity contribution in [1.82, 2.24) is 9.21 Å². The fourth-order valence-corrected chi connectivity index (χ4v) is 7.04. The van der Waals surface area contributed by atoms with E-state index in [-0.39, 0.29) is 30.5 Å². The third kappa shape index (κ3) is 3.58. The molecular weight excluding hydrogens is 364 g/mol. The summed E-state index contributed by atoms with van der Waals surface area (Å²) in [5.74, 6) is -0.672. The van der Waals surface area contributed by atoms with Gasteiger partial charge in [0.1, 0.15) is 0 Å². The first-order chi connectivity index (χ1) is 11.5. The highest BCUT2D eigenvalue weighted by Gasteiger charge is 2.50. The van der Waals surface area contributed by atoms with Gasteiger partial charge in [-0.05, 0) is 26.0 Å². The van der Waals surface area contributed by atoms with Crippen molar-refractivity contribution < 1.29 is 21.6 Å². The Morgan fingerprint density at radius 1 is 1.04 bits per heavy atom. The van der Waals surface area contributed by atoms with E-state index < -0.39 is 31.9 Å². The van der Waals surface area contributed by atoms with E-state index in [4.69, 9.17) is 0 Å². The molecule has 1 amide bonds. The van der Waals surface area contributed by atoms with Crippen LogP contribution < -0.4 is 0 Å². The number of sulfonamides is 1. The Bertz CT molecular complexity index is 904. The van der Waals surface area contributed by atoms with Gasteiger partial charge >= 0.3 is 0 Å². The summed E-state index contributed by atoms with van der Waals surface area (Å²) in [6.07, 6.45) is 1.08. The minimum Gasteiger partial charge on any atom is -0.332 e. The molecule has 1 aromatic rings. The molecule has 2 heterocycles. The molecule has 138 valence electrons. The van der Waals surface area contributed by atoms with Crippen LogP contribution in [-0.2, 0) is 19.9 Å². The van der Waals surface area contributed by atoms with Gasteiger partial charge in [0.25, 0.3) is 5.91 Å². The predicted molar refractivity (Wildman–Crippen MR) is 94.7 cm³/mol. The van der Waals surface area contributed by atoms with Crippen LogP contribution in [0.2, 0.25) is 0 Å². The second-order valence-corrected chi connectivity index (χ2v) is 11.0. The second-order valence-electron chi connectivity index (χ2n) is 6.96. The standard InChI is InChI=1S/C16H22N2O5S2/c1-11-6-12(2)8-13(7-11)16(19)17-4-5-18(24(3,20)21)15-10-25(22,23)9-14(15)17/h6-8,14-15H,4-5,9-10H2,1-3H3/t14-,15+/m1/s1. The molecule has 2 aliphatic rings. The van der Waals surface area contributed by atoms with Crippen molar-refractivity contribution >= 4 is 25.8 Å². The maximum absolute atomic E-state index is 13.0. The monoisotopic (exact) mass is 386 g/mol. The Hall–Kier alpha value is -1.45. The molecule has 1 aromatic carbocycles. The highest BCUT2D eigenvalue weighted by molar-refractivity contribution is 7.92. The van der Waals surface area contributed by atoms with E-state index in [1.807, 2.05) is 19.9 Å². The number of hydrogen-bond donors (Lipinski definition) is 0. The average Bonchev–Trinajstić information content (AvgIpc) is 2.77. The van der Waals surface area contributed by atoms with Crippen molar-refractivity contribution in [3.63, 3.8) is 0 Å². The van der Waals surface area contributed by atoms with E-state index in [1.165, 1.54) is 9.21 Å². The van der Waals surface area contributed by atoms with Crippen molar-refractivity contribution in [3.8, 4) is 0 Å². The minimum absolute atomic E-state index is 0.117. The van der Waals surface area contributed by atoms with Crippen LogP contribution in [0.1, 0.15) is 21.5 Å². The normalized spacial score (nSPS) is 26.4. The zero-order chi connectivity index (χ0) is 18.6. The summed E-state index contributed by atoms with van der Waals surface area (Å²) in [4.78, 5) is 14.5. The molecule has 9 heteroatoms. The fraction of sp³-hybridized carbons (Fsp3) is 0.562. The Kier molecular flexibility index (Phi) is 4.45. The van der Waals surface area contributed by atoms with E-state index in [1.54, 1.807) is 12.1 Å². The number of sulfone groups is 1. The van der Waals surface area contributed by atoms with Crippen LogP contribution >= 0.6 is 0 Å². The van der Waals surface area contributed by atoms with E-state index in [0.29, 0.717) is 5.56 Å². The lowest BCUT2D eigenvalue weighted by atomic mass is 10.0. The van der Waals surface area contributed by atoms with Crippen LogP contribution in [0.3, 0.4) is 0 Å². The van der Waals surface area contributed by atoms with Gasteiger partial charge in [0, 0.05) is 18.7 Å². The Morgan fingerprint density at radius 3 is 2.16 bits per heavy atom. The molecule has 2 aliphatic heterocycles. The zero-order valence-corrected chi connectivity index (χ0v) is 16.1. The highest BCUT2D eigenvalue weighted by Crippen LogP contribution is 2.30. The third-order valence-electron chi connectivity index (χ3n) is 4.78. The predicted octanol–water partition coefficient (Wildman–Crippen LogP) is 0.186. The molecule has 0 N–H and O–H groups in total. The second kappa shape index (κ2) is 6.07. The number of nitrogens with zero attached hydrogens (tertiary/aromatic N) is 2. The van der Waals surface area contributed by atoms with Gasteiger partial charge in [0.2, 0.25) is 10.0 Å². The number of hydrogen-bond acceptors (Lipinski definition) is 5. The minimum atomic E-state index is -3.53. The van der Waals surface area contributed by atoms with Crippen molar-refractivity contribution in [3.05, 3.63) is 34.9 Å². The van der Waals surface area contributed by atoms with Crippen molar-refractivity contribution in [2.75, 3.05) is 30.9 Å². The summed E-state index contributed by atoms with van der Waals surface area (Å²) in [6, 6.07) is 4.17. The van der Waals surface area contributed by atoms with Crippen molar-refractivity contribution in [1.29, 1.82) is 0 Å². The number of amides is 1. The van der Waals surface area contributed by atoms with E-state index >= 15 is 0 Å². The molecule has 7 nitrogen and oxygen atoms in total. The smallest absolute Gasteiger partial charge is 0.254 e. The number of carbonyl (C=O) groups excluding carboxylic acids is 1. The van der Waals surface area contributed by atoms with Crippen molar-refractivity contribution in [2.24, 2.45) is 0 Å². The van der Waals surface area contributed by atoms with Gasteiger partial charge in [0.05, 0.1) is 29.8 Å². The number of aryl methyl sites for hydroxylation is 2. The van der Waals surface area contributed by atoms with Gasteiger partial charge in [0.15, 0.2) is 9.84 Å². The third-order valence-corrected chi connectivity index (χ3v) is 7.78. The first-order valence-corrected chi connectivity index (χ1v) is 11.7. The number of carbonyl (C=O) groups is 1. The molecule has 0 aromatic heterocycles. The first kappa shape index (κ1) is 18.3. The number of rotatable bonds is 2. The molecular formula is C16H22N2O5S2. The maximum atomic E-state index is 13.0. The Morgan fingerprint density at radius 2 is 1.60 bits per heavy atom.